The quantitative estimate of drug-likeness (QED) is 0.604. The molecule has 2 aromatic rings. The van der Waals surface area contributed by atoms with Crippen molar-refractivity contribution in [3.8, 4) is 0 Å². The van der Waals surface area contributed by atoms with Gasteiger partial charge in [-0.05, 0) is 42.8 Å². The summed E-state index contributed by atoms with van der Waals surface area (Å²) in [6, 6.07) is 5.39. The molecule has 24 heavy (non-hydrogen) atoms. The summed E-state index contributed by atoms with van der Waals surface area (Å²) in [5, 5.41) is 9.56. The number of nitrogens with one attached hydrogen (secondary N) is 2. The van der Waals surface area contributed by atoms with E-state index in [1.807, 2.05) is 25.1 Å². The van der Waals surface area contributed by atoms with Crippen LogP contribution in [0.5, 0.6) is 0 Å². The molecule has 0 atom stereocenters. The first-order chi connectivity index (χ1) is 11.5. The van der Waals surface area contributed by atoms with Gasteiger partial charge in [-0.2, -0.15) is 0 Å². The summed E-state index contributed by atoms with van der Waals surface area (Å²) in [5.74, 6) is 0.951. The van der Waals surface area contributed by atoms with Gasteiger partial charge in [0.05, 0.1) is 12.4 Å². The number of aromatic nitrogens is 3. The highest BCUT2D eigenvalue weighted by Crippen LogP contribution is 2.29. The molecule has 0 bridgehead atoms. The third kappa shape index (κ3) is 3.93. The van der Waals surface area contributed by atoms with Gasteiger partial charge >= 0.3 is 11.7 Å². The molecular weight excluding hydrogens is 350 g/mol. The summed E-state index contributed by atoms with van der Waals surface area (Å²) < 4.78 is 1.94. The number of benzene rings is 1. The number of hydrogen-bond donors (Lipinski definition) is 2. The van der Waals surface area contributed by atoms with E-state index in [2.05, 4.69) is 22.7 Å². The third-order valence-electron chi connectivity index (χ3n) is 3.37. The molecule has 0 fully saturated rings. The maximum Gasteiger partial charge on any atom is 0.355 e. The minimum atomic E-state index is -0.625. The van der Waals surface area contributed by atoms with Gasteiger partial charge in [-0.3, -0.25) is 4.57 Å². The zero-order valence-electron chi connectivity index (χ0n) is 13.8. The lowest BCUT2D eigenvalue weighted by Gasteiger charge is -2.14. The van der Waals surface area contributed by atoms with Gasteiger partial charge in [0, 0.05) is 11.4 Å². The summed E-state index contributed by atoms with van der Waals surface area (Å²) in [5.41, 5.74) is 1.49. The number of thioether (sulfide) groups is 1. The van der Waals surface area contributed by atoms with Crippen molar-refractivity contribution in [2.75, 3.05) is 17.7 Å². The number of amides is 1. The Morgan fingerprint density at radius 1 is 1.38 bits per heavy atom. The Hall–Kier alpha value is -1.93. The van der Waals surface area contributed by atoms with Crippen LogP contribution in [-0.4, -0.2) is 32.8 Å². The van der Waals surface area contributed by atoms with Crippen LogP contribution in [-0.2, 0) is 6.54 Å². The number of anilines is 1. The van der Waals surface area contributed by atoms with Crippen LogP contribution in [0.15, 0.2) is 27.9 Å². The summed E-state index contributed by atoms with van der Waals surface area (Å²) in [4.78, 5) is 25.2. The second-order valence-corrected chi connectivity index (χ2v) is 6.57. The molecule has 2 rings (SSSR count). The minimum absolute atomic E-state index is 0.00820. The smallest absolute Gasteiger partial charge is 0.355 e. The highest BCUT2D eigenvalue weighted by molar-refractivity contribution is 7.99. The topological polar surface area (TPSA) is 80.9 Å². The SMILES string of the molecule is CCSc1cccc(C)c1NCNC(=O)n1nc(Cl)n(CC)c1=O. The number of halogens is 1. The van der Waals surface area contributed by atoms with Crippen molar-refractivity contribution in [1.29, 1.82) is 0 Å². The maximum absolute atomic E-state index is 12.1. The van der Waals surface area contributed by atoms with Crippen LogP contribution in [0.2, 0.25) is 5.28 Å². The first-order valence-corrected chi connectivity index (χ1v) is 8.95. The lowest BCUT2D eigenvalue weighted by atomic mass is 10.2. The molecule has 9 heteroatoms. The molecule has 0 saturated carbocycles. The van der Waals surface area contributed by atoms with Crippen LogP contribution in [0, 0.1) is 6.92 Å². The van der Waals surface area contributed by atoms with Crippen LogP contribution >= 0.6 is 23.4 Å². The number of carbonyl (C=O) groups is 1. The van der Waals surface area contributed by atoms with Crippen LogP contribution in [0.1, 0.15) is 19.4 Å². The Bertz CT molecular complexity index is 787. The first-order valence-electron chi connectivity index (χ1n) is 7.59. The van der Waals surface area contributed by atoms with Crippen molar-refractivity contribution < 1.29 is 4.79 Å². The van der Waals surface area contributed by atoms with E-state index in [9.17, 15) is 9.59 Å². The van der Waals surface area contributed by atoms with E-state index < -0.39 is 11.7 Å². The van der Waals surface area contributed by atoms with Crippen molar-refractivity contribution in [2.45, 2.75) is 32.2 Å². The fraction of sp³-hybridized carbons (Fsp3) is 0.400. The minimum Gasteiger partial charge on any atom is -0.367 e. The van der Waals surface area contributed by atoms with E-state index in [1.54, 1.807) is 18.7 Å². The molecule has 0 radical (unpaired) electrons. The average molecular weight is 370 g/mol. The van der Waals surface area contributed by atoms with E-state index in [0.29, 0.717) is 6.54 Å². The summed E-state index contributed by atoms with van der Waals surface area (Å²) in [6.07, 6.45) is 0. The second kappa shape index (κ2) is 8.25. The monoisotopic (exact) mass is 369 g/mol. The molecule has 1 heterocycles. The fourth-order valence-corrected chi connectivity index (χ4v) is 3.33. The zero-order valence-corrected chi connectivity index (χ0v) is 15.4. The lowest BCUT2D eigenvalue weighted by Crippen LogP contribution is -2.39. The summed E-state index contributed by atoms with van der Waals surface area (Å²) in [7, 11) is 0. The molecule has 2 N–H and O–H groups in total. The van der Waals surface area contributed by atoms with Crippen LogP contribution in [0.3, 0.4) is 0 Å². The third-order valence-corrected chi connectivity index (χ3v) is 4.58. The molecule has 1 amide bonds. The molecule has 0 aliphatic rings. The Kier molecular flexibility index (Phi) is 6.33. The van der Waals surface area contributed by atoms with Crippen LogP contribution < -0.4 is 16.3 Å². The summed E-state index contributed by atoms with van der Waals surface area (Å²) in [6.45, 7) is 6.35. The molecule has 0 unspecified atom stereocenters. The van der Waals surface area contributed by atoms with Gasteiger partial charge in [-0.1, -0.05) is 19.1 Å². The van der Waals surface area contributed by atoms with Crippen LogP contribution in [0.25, 0.3) is 0 Å². The zero-order chi connectivity index (χ0) is 17.7. The Labute approximate surface area is 149 Å². The lowest BCUT2D eigenvalue weighted by molar-refractivity contribution is 0.239. The Morgan fingerprint density at radius 2 is 2.12 bits per heavy atom. The van der Waals surface area contributed by atoms with Crippen molar-refractivity contribution in [2.24, 2.45) is 0 Å². The fourth-order valence-electron chi connectivity index (χ4n) is 2.20. The molecular formula is C15H20ClN5O2S. The first kappa shape index (κ1) is 18.4. The average Bonchev–Trinajstić information content (AvgIpc) is 2.84. The van der Waals surface area contributed by atoms with Gasteiger partial charge in [0.1, 0.15) is 0 Å². The molecule has 7 nitrogen and oxygen atoms in total. The summed E-state index contributed by atoms with van der Waals surface area (Å²) >= 11 is 7.55. The number of carbonyl (C=O) groups excluding carboxylic acids is 1. The molecule has 130 valence electrons. The number of nitrogens with zero attached hydrogens (tertiary/aromatic N) is 3. The number of para-hydroxylation sites is 1. The maximum atomic E-state index is 12.1. The normalized spacial score (nSPS) is 10.7. The van der Waals surface area contributed by atoms with Crippen molar-refractivity contribution >= 4 is 35.1 Å². The standard InChI is InChI=1S/C15H20ClN5O2S/c1-4-20-13(16)19-21(15(20)23)14(22)18-9-17-12-10(3)7-6-8-11(12)24-5-2/h6-8,17H,4-5,9H2,1-3H3,(H,18,22). The van der Waals surface area contributed by atoms with E-state index in [0.717, 1.165) is 26.6 Å². The van der Waals surface area contributed by atoms with E-state index >= 15 is 0 Å². The predicted molar refractivity (Wildman–Crippen MR) is 97.2 cm³/mol. The van der Waals surface area contributed by atoms with E-state index in [-0.39, 0.29) is 12.0 Å². The Balaban J connectivity index is 2.05. The van der Waals surface area contributed by atoms with Crippen molar-refractivity contribution in [3.63, 3.8) is 0 Å². The number of hydrogen-bond acceptors (Lipinski definition) is 5. The van der Waals surface area contributed by atoms with E-state index in [1.165, 1.54) is 4.57 Å². The van der Waals surface area contributed by atoms with Gasteiger partial charge in [-0.15, -0.1) is 21.5 Å². The number of aryl methyl sites for hydroxylation is 1. The Morgan fingerprint density at radius 3 is 2.75 bits per heavy atom. The molecule has 0 spiro atoms. The van der Waals surface area contributed by atoms with Crippen molar-refractivity contribution in [1.82, 2.24) is 19.7 Å². The van der Waals surface area contributed by atoms with Gasteiger partial charge in [-0.25, -0.2) is 9.59 Å². The van der Waals surface area contributed by atoms with Gasteiger partial charge in [0.2, 0.25) is 5.28 Å². The molecule has 0 saturated heterocycles. The van der Waals surface area contributed by atoms with Gasteiger partial charge in [0.15, 0.2) is 0 Å². The van der Waals surface area contributed by atoms with Crippen LogP contribution in [0.4, 0.5) is 10.5 Å². The highest BCUT2D eigenvalue weighted by atomic mass is 35.5. The highest BCUT2D eigenvalue weighted by Gasteiger charge is 2.15. The largest absolute Gasteiger partial charge is 0.367 e. The van der Waals surface area contributed by atoms with Gasteiger partial charge in [0.25, 0.3) is 0 Å². The van der Waals surface area contributed by atoms with Crippen molar-refractivity contribution in [3.05, 3.63) is 39.5 Å². The number of rotatable bonds is 6. The molecule has 0 aliphatic heterocycles. The van der Waals surface area contributed by atoms with Gasteiger partial charge < -0.3 is 10.6 Å². The molecule has 0 aliphatic carbocycles. The predicted octanol–water partition coefficient (Wildman–Crippen LogP) is 2.77. The second-order valence-electron chi connectivity index (χ2n) is 4.92. The van der Waals surface area contributed by atoms with E-state index in [4.69, 9.17) is 11.6 Å². The molecule has 1 aromatic carbocycles. The molecule has 1 aromatic heterocycles.